The third-order valence-electron chi connectivity index (χ3n) is 6.91. The molecule has 2 aromatic heterocycles. The largest absolute Gasteiger partial charge is 0.336 e. The number of hydrogen-bond donors (Lipinski definition) is 0. The summed E-state index contributed by atoms with van der Waals surface area (Å²) in [4.78, 5) is 27.8. The highest BCUT2D eigenvalue weighted by atomic mass is 32.2. The summed E-state index contributed by atoms with van der Waals surface area (Å²) >= 11 is 3.38. The first-order valence-corrected chi connectivity index (χ1v) is 13.6. The van der Waals surface area contributed by atoms with Crippen molar-refractivity contribution in [3.63, 3.8) is 0 Å². The number of nitrogens with zero attached hydrogens (tertiary/aromatic N) is 3. The van der Waals surface area contributed by atoms with Crippen LogP contribution in [0.3, 0.4) is 0 Å². The Morgan fingerprint density at radius 1 is 1.00 bits per heavy atom. The average Bonchev–Trinajstić information content (AvgIpc) is 3.07. The van der Waals surface area contributed by atoms with E-state index in [9.17, 15) is 4.79 Å². The molecular formula is C24H35N3OS2. The van der Waals surface area contributed by atoms with E-state index in [1.165, 1.54) is 74.6 Å². The predicted molar refractivity (Wildman–Crippen MR) is 128 cm³/mol. The Balaban J connectivity index is 1.55. The third-order valence-corrected chi connectivity index (χ3v) is 8.98. The molecule has 6 heteroatoms. The maximum atomic E-state index is 13.6. The SMILES string of the molecule is CCc1nc(SCC(=O)N(C2CCCCC2)C2CCCCC2)c2c(C)c(C)sc2n1. The molecule has 4 rings (SSSR count). The molecule has 2 aromatic rings. The lowest BCUT2D eigenvalue weighted by Gasteiger charge is -2.41. The van der Waals surface area contributed by atoms with E-state index in [1.54, 1.807) is 23.1 Å². The van der Waals surface area contributed by atoms with Gasteiger partial charge in [0.05, 0.1) is 5.75 Å². The highest BCUT2D eigenvalue weighted by molar-refractivity contribution is 8.00. The summed E-state index contributed by atoms with van der Waals surface area (Å²) in [5.41, 5.74) is 1.27. The highest BCUT2D eigenvalue weighted by Crippen LogP contribution is 2.36. The van der Waals surface area contributed by atoms with Crippen LogP contribution >= 0.6 is 23.1 Å². The lowest BCUT2D eigenvalue weighted by molar-refractivity contribution is -0.135. The Bertz CT molecular complexity index is 864. The monoisotopic (exact) mass is 445 g/mol. The van der Waals surface area contributed by atoms with E-state index in [2.05, 4.69) is 25.7 Å². The van der Waals surface area contributed by atoms with Crippen molar-refractivity contribution in [1.82, 2.24) is 14.9 Å². The summed E-state index contributed by atoms with van der Waals surface area (Å²) in [6.45, 7) is 6.41. The van der Waals surface area contributed by atoms with Gasteiger partial charge in [0.1, 0.15) is 15.7 Å². The standard InChI is InChI=1S/C24H35N3OS2/c1-4-20-25-23(22-16(2)17(3)30-24(22)26-20)29-15-21(28)27(18-11-7-5-8-12-18)19-13-9-6-10-14-19/h18-19H,4-15H2,1-3H3. The van der Waals surface area contributed by atoms with Crippen LogP contribution in [-0.2, 0) is 11.2 Å². The van der Waals surface area contributed by atoms with Crippen molar-refractivity contribution in [1.29, 1.82) is 0 Å². The Morgan fingerprint density at radius 2 is 1.60 bits per heavy atom. The van der Waals surface area contributed by atoms with E-state index in [1.807, 2.05) is 0 Å². The molecule has 1 amide bonds. The summed E-state index contributed by atoms with van der Waals surface area (Å²) < 4.78 is 0. The molecule has 2 aliphatic carbocycles. The molecule has 2 saturated carbocycles. The van der Waals surface area contributed by atoms with Gasteiger partial charge in [-0.05, 0) is 45.1 Å². The van der Waals surface area contributed by atoms with Gasteiger partial charge in [0.25, 0.3) is 0 Å². The second-order valence-electron chi connectivity index (χ2n) is 8.94. The minimum atomic E-state index is 0.327. The topological polar surface area (TPSA) is 46.1 Å². The van der Waals surface area contributed by atoms with Crippen molar-refractivity contribution in [3.05, 3.63) is 16.3 Å². The summed E-state index contributed by atoms with van der Waals surface area (Å²) in [6, 6.07) is 0.911. The van der Waals surface area contributed by atoms with Crippen LogP contribution in [-0.4, -0.2) is 38.6 Å². The van der Waals surface area contributed by atoms with Crippen LogP contribution in [0.1, 0.15) is 87.4 Å². The van der Waals surface area contributed by atoms with E-state index >= 15 is 0 Å². The number of thiophene rings is 1. The fourth-order valence-electron chi connectivity index (χ4n) is 5.15. The van der Waals surface area contributed by atoms with Gasteiger partial charge >= 0.3 is 0 Å². The molecule has 0 radical (unpaired) electrons. The van der Waals surface area contributed by atoms with Crippen LogP contribution in [0.2, 0.25) is 0 Å². The van der Waals surface area contributed by atoms with Crippen molar-refractivity contribution in [2.75, 3.05) is 5.75 Å². The van der Waals surface area contributed by atoms with Crippen LogP contribution in [0, 0.1) is 13.8 Å². The number of hydrogen-bond acceptors (Lipinski definition) is 5. The smallest absolute Gasteiger partial charge is 0.233 e. The molecule has 164 valence electrons. The summed E-state index contributed by atoms with van der Waals surface area (Å²) in [5.74, 6) is 1.71. The van der Waals surface area contributed by atoms with Crippen LogP contribution in [0.5, 0.6) is 0 Å². The highest BCUT2D eigenvalue weighted by Gasteiger charge is 2.32. The number of thioether (sulfide) groups is 1. The predicted octanol–water partition coefficient (Wildman–Crippen LogP) is 6.46. The van der Waals surface area contributed by atoms with Gasteiger partial charge in [0.2, 0.25) is 5.91 Å². The molecule has 2 fully saturated rings. The van der Waals surface area contributed by atoms with Crippen molar-refractivity contribution in [2.45, 2.75) is 109 Å². The van der Waals surface area contributed by atoms with E-state index in [-0.39, 0.29) is 0 Å². The second-order valence-corrected chi connectivity index (χ2v) is 11.1. The van der Waals surface area contributed by atoms with Gasteiger partial charge in [-0.15, -0.1) is 11.3 Å². The van der Waals surface area contributed by atoms with Gasteiger partial charge in [-0.25, -0.2) is 9.97 Å². The van der Waals surface area contributed by atoms with Crippen LogP contribution in [0.4, 0.5) is 0 Å². The van der Waals surface area contributed by atoms with Crippen LogP contribution in [0.25, 0.3) is 10.2 Å². The van der Waals surface area contributed by atoms with E-state index < -0.39 is 0 Å². The zero-order valence-corrected chi connectivity index (χ0v) is 20.3. The number of fused-ring (bicyclic) bond motifs is 1. The fourth-order valence-corrected chi connectivity index (χ4v) is 7.23. The minimum Gasteiger partial charge on any atom is -0.336 e. The zero-order valence-electron chi connectivity index (χ0n) is 18.7. The first-order valence-electron chi connectivity index (χ1n) is 11.8. The number of carbonyl (C=O) groups excluding carboxylic acids is 1. The zero-order chi connectivity index (χ0) is 21.1. The molecule has 0 aliphatic heterocycles. The van der Waals surface area contributed by atoms with Gasteiger partial charge in [0.15, 0.2) is 0 Å². The molecule has 0 bridgehead atoms. The maximum Gasteiger partial charge on any atom is 0.233 e. The average molecular weight is 446 g/mol. The van der Waals surface area contributed by atoms with Crippen molar-refractivity contribution in [2.24, 2.45) is 0 Å². The number of carbonyl (C=O) groups is 1. The van der Waals surface area contributed by atoms with Gasteiger partial charge in [0, 0.05) is 28.8 Å². The number of aromatic nitrogens is 2. The Morgan fingerprint density at radius 3 is 2.17 bits per heavy atom. The Labute approximate surface area is 189 Å². The molecule has 0 saturated heterocycles. The van der Waals surface area contributed by atoms with Gasteiger partial charge in [-0.2, -0.15) is 0 Å². The van der Waals surface area contributed by atoms with Gasteiger partial charge in [-0.3, -0.25) is 4.79 Å². The molecule has 0 unspecified atom stereocenters. The van der Waals surface area contributed by atoms with E-state index in [4.69, 9.17) is 9.97 Å². The minimum absolute atomic E-state index is 0.327. The fraction of sp³-hybridized carbons (Fsp3) is 0.708. The van der Waals surface area contributed by atoms with E-state index in [0.29, 0.717) is 23.7 Å². The quantitative estimate of drug-likeness (QED) is 0.378. The lowest BCUT2D eigenvalue weighted by atomic mass is 9.88. The van der Waals surface area contributed by atoms with Crippen LogP contribution in [0.15, 0.2) is 5.03 Å². The number of rotatable bonds is 6. The molecule has 0 N–H and O–H groups in total. The molecule has 0 atom stereocenters. The molecule has 2 aliphatic rings. The number of amides is 1. The second kappa shape index (κ2) is 9.99. The molecule has 4 nitrogen and oxygen atoms in total. The maximum absolute atomic E-state index is 13.6. The van der Waals surface area contributed by atoms with Crippen molar-refractivity contribution in [3.8, 4) is 0 Å². The summed E-state index contributed by atoms with van der Waals surface area (Å²) in [5, 5.41) is 2.16. The Hall–Kier alpha value is -1.14. The van der Waals surface area contributed by atoms with E-state index in [0.717, 1.165) is 27.5 Å². The van der Waals surface area contributed by atoms with Gasteiger partial charge < -0.3 is 4.90 Å². The summed E-state index contributed by atoms with van der Waals surface area (Å²) in [7, 11) is 0. The molecule has 2 heterocycles. The normalized spacial score (nSPS) is 18.8. The number of aryl methyl sites for hydroxylation is 3. The Kier molecular flexibility index (Phi) is 7.35. The van der Waals surface area contributed by atoms with Crippen LogP contribution < -0.4 is 0 Å². The summed E-state index contributed by atoms with van der Waals surface area (Å²) in [6.07, 6.45) is 13.3. The van der Waals surface area contributed by atoms with Crippen molar-refractivity contribution < 1.29 is 4.79 Å². The molecular weight excluding hydrogens is 410 g/mol. The molecule has 30 heavy (non-hydrogen) atoms. The first kappa shape index (κ1) is 22.1. The van der Waals surface area contributed by atoms with Gasteiger partial charge in [-0.1, -0.05) is 57.2 Å². The van der Waals surface area contributed by atoms with Crippen molar-refractivity contribution >= 4 is 39.2 Å². The molecule has 0 aromatic carbocycles. The first-order chi connectivity index (χ1) is 14.6. The third kappa shape index (κ3) is 4.69. The molecule has 0 spiro atoms. The lowest BCUT2D eigenvalue weighted by Crippen LogP contribution is -2.49.